The molecular weight excluding hydrogens is 360 g/mol. The van der Waals surface area contributed by atoms with Gasteiger partial charge in [-0.25, -0.2) is 8.42 Å². The van der Waals surface area contributed by atoms with E-state index in [1.54, 1.807) is 13.0 Å². The Morgan fingerprint density at radius 2 is 1.92 bits per heavy atom. The molecule has 0 unspecified atom stereocenters. The maximum Gasteiger partial charge on any atom is 0.221 e. The first-order valence-electron chi connectivity index (χ1n) is 7.99. The molecule has 0 aliphatic rings. The summed E-state index contributed by atoms with van der Waals surface area (Å²) in [5, 5.41) is 6.50. The van der Waals surface area contributed by atoms with E-state index in [1.165, 1.54) is 32.4 Å². The van der Waals surface area contributed by atoms with Crippen LogP contribution in [-0.2, 0) is 21.1 Å². The quantitative estimate of drug-likeness (QED) is 0.700. The lowest BCUT2D eigenvalue weighted by molar-refractivity contribution is -0.120. The topological polar surface area (TPSA) is 108 Å². The van der Waals surface area contributed by atoms with Crippen LogP contribution in [0.2, 0.25) is 0 Å². The molecule has 0 saturated carbocycles. The largest absolute Gasteiger partial charge is 0.493 e. The number of aryl methyl sites for hydroxylation is 1. The lowest BCUT2D eigenvalue weighted by Gasteiger charge is -2.10. The van der Waals surface area contributed by atoms with Crippen LogP contribution in [0.3, 0.4) is 0 Å². The van der Waals surface area contributed by atoms with Crippen molar-refractivity contribution in [2.24, 2.45) is 0 Å². The monoisotopic (exact) mass is 382 g/mol. The van der Waals surface area contributed by atoms with Crippen molar-refractivity contribution in [2.45, 2.75) is 24.7 Å². The molecule has 2 aromatic rings. The molecule has 1 aromatic carbocycles. The molecule has 142 valence electrons. The fourth-order valence-corrected chi connectivity index (χ4v) is 3.56. The first-order chi connectivity index (χ1) is 12.4. The van der Waals surface area contributed by atoms with E-state index >= 15 is 0 Å². The first kappa shape index (κ1) is 19.8. The molecule has 9 heteroatoms. The minimum atomic E-state index is -3.61. The number of aromatic nitrogens is 1. The Balaban J connectivity index is 1.87. The van der Waals surface area contributed by atoms with Crippen molar-refractivity contribution in [3.8, 4) is 11.5 Å². The third-order valence-electron chi connectivity index (χ3n) is 3.69. The van der Waals surface area contributed by atoms with Crippen LogP contribution in [-0.4, -0.2) is 46.0 Å². The van der Waals surface area contributed by atoms with E-state index in [9.17, 15) is 13.2 Å². The molecule has 0 fully saturated rings. The van der Waals surface area contributed by atoms with Gasteiger partial charge in [-0.15, -0.1) is 0 Å². The zero-order valence-corrected chi connectivity index (χ0v) is 15.8. The van der Waals surface area contributed by atoms with Crippen molar-refractivity contribution < 1.29 is 27.2 Å². The predicted octanol–water partition coefficient (Wildman–Crippen LogP) is 1.52. The summed E-state index contributed by atoms with van der Waals surface area (Å²) in [6.45, 7) is 2.15. The zero-order valence-electron chi connectivity index (χ0n) is 14.9. The SMILES string of the molecule is COc1ccc(S(=O)(=O)CCC(=O)NCCc2cc(C)on2)cc1OC. The maximum atomic E-state index is 12.4. The second-order valence-corrected chi connectivity index (χ2v) is 7.72. The van der Waals surface area contributed by atoms with Crippen molar-refractivity contribution in [1.29, 1.82) is 0 Å². The Kier molecular flexibility index (Phi) is 6.62. The van der Waals surface area contributed by atoms with Gasteiger partial charge in [0, 0.05) is 31.5 Å². The molecule has 0 bridgehead atoms. The van der Waals surface area contributed by atoms with Crippen LogP contribution >= 0.6 is 0 Å². The molecule has 0 radical (unpaired) electrons. The second kappa shape index (κ2) is 8.70. The maximum absolute atomic E-state index is 12.4. The average Bonchev–Trinajstić information content (AvgIpc) is 3.04. The number of hydrogen-bond donors (Lipinski definition) is 1. The van der Waals surface area contributed by atoms with Crippen molar-refractivity contribution in [2.75, 3.05) is 26.5 Å². The summed E-state index contributed by atoms with van der Waals surface area (Å²) >= 11 is 0. The zero-order chi connectivity index (χ0) is 19.2. The predicted molar refractivity (Wildman–Crippen MR) is 94.2 cm³/mol. The van der Waals surface area contributed by atoms with Crippen molar-refractivity contribution in [3.05, 3.63) is 35.7 Å². The third kappa shape index (κ3) is 5.22. The van der Waals surface area contributed by atoms with Gasteiger partial charge < -0.3 is 19.3 Å². The second-order valence-electron chi connectivity index (χ2n) is 5.61. The summed E-state index contributed by atoms with van der Waals surface area (Å²) in [6, 6.07) is 6.12. The molecular formula is C17H22N2O6S. The van der Waals surface area contributed by atoms with Gasteiger partial charge in [-0.2, -0.15) is 0 Å². The lowest BCUT2D eigenvalue weighted by Crippen LogP contribution is -2.27. The van der Waals surface area contributed by atoms with Crippen molar-refractivity contribution >= 4 is 15.7 Å². The van der Waals surface area contributed by atoms with Gasteiger partial charge in [0.2, 0.25) is 5.91 Å². The Labute approximate surface area is 152 Å². The number of hydrogen-bond acceptors (Lipinski definition) is 7. The van der Waals surface area contributed by atoms with Crippen molar-refractivity contribution in [1.82, 2.24) is 10.5 Å². The molecule has 0 aliphatic heterocycles. The highest BCUT2D eigenvalue weighted by Gasteiger charge is 2.19. The highest BCUT2D eigenvalue weighted by atomic mass is 32.2. The summed E-state index contributed by atoms with van der Waals surface area (Å²) in [4.78, 5) is 12.0. The summed E-state index contributed by atoms with van der Waals surface area (Å²) in [7, 11) is -0.713. The van der Waals surface area contributed by atoms with Crippen LogP contribution in [0.5, 0.6) is 11.5 Å². The van der Waals surface area contributed by atoms with Gasteiger partial charge in [-0.1, -0.05) is 5.16 Å². The molecule has 8 nitrogen and oxygen atoms in total. The number of amides is 1. The van der Waals surface area contributed by atoms with Crippen LogP contribution in [0.25, 0.3) is 0 Å². The Morgan fingerprint density at radius 3 is 2.54 bits per heavy atom. The molecule has 0 saturated heterocycles. The van der Waals surface area contributed by atoms with Crippen LogP contribution in [0, 0.1) is 6.92 Å². The summed E-state index contributed by atoms with van der Waals surface area (Å²) in [6.07, 6.45) is 0.389. The van der Waals surface area contributed by atoms with Crippen LogP contribution in [0.4, 0.5) is 0 Å². The minimum absolute atomic E-state index is 0.0843. The fourth-order valence-electron chi connectivity index (χ4n) is 2.31. The molecule has 1 aromatic heterocycles. The van der Waals surface area contributed by atoms with Crippen LogP contribution in [0.15, 0.2) is 33.7 Å². The molecule has 0 aliphatic carbocycles. The van der Waals surface area contributed by atoms with Crippen LogP contribution < -0.4 is 14.8 Å². The molecule has 2 rings (SSSR count). The number of ether oxygens (including phenoxy) is 2. The molecule has 1 N–H and O–H groups in total. The molecule has 0 atom stereocenters. The van der Waals surface area contributed by atoms with E-state index in [1.807, 2.05) is 0 Å². The number of rotatable bonds is 9. The van der Waals surface area contributed by atoms with Gasteiger partial charge in [-0.05, 0) is 19.1 Å². The highest BCUT2D eigenvalue weighted by molar-refractivity contribution is 7.91. The summed E-state index contributed by atoms with van der Waals surface area (Å²) < 4.78 is 39.9. The summed E-state index contributed by atoms with van der Waals surface area (Å²) in [5.41, 5.74) is 0.737. The minimum Gasteiger partial charge on any atom is -0.493 e. The lowest BCUT2D eigenvalue weighted by atomic mass is 10.3. The Hall–Kier alpha value is -2.55. The average molecular weight is 382 g/mol. The van der Waals surface area contributed by atoms with E-state index in [0.717, 1.165) is 5.69 Å². The molecule has 1 amide bonds. The van der Waals surface area contributed by atoms with E-state index < -0.39 is 9.84 Å². The number of sulfone groups is 1. The number of carbonyl (C=O) groups is 1. The van der Waals surface area contributed by atoms with E-state index in [-0.39, 0.29) is 23.0 Å². The van der Waals surface area contributed by atoms with E-state index in [2.05, 4.69) is 10.5 Å². The summed E-state index contributed by atoms with van der Waals surface area (Å²) in [5.74, 6) is 0.826. The normalized spacial score (nSPS) is 11.2. The van der Waals surface area contributed by atoms with E-state index in [0.29, 0.717) is 30.2 Å². The van der Waals surface area contributed by atoms with Crippen molar-refractivity contribution in [3.63, 3.8) is 0 Å². The van der Waals surface area contributed by atoms with Gasteiger partial charge in [0.05, 0.1) is 30.6 Å². The number of benzene rings is 1. The Morgan fingerprint density at radius 1 is 1.19 bits per heavy atom. The Bertz CT molecular complexity index is 860. The van der Waals surface area contributed by atoms with Gasteiger partial charge in [0.25, 0.3) is 0 Å². The van der Waals surface area contributed by atoms with E-state index in [4.69, 9.17) is 14.0 Å². The van der Waals surface area contributed by atoms with Gasteiger partial charge >= 0.3 is 0 Å². The number of nitrogens with zero attached hydrogens (tertiary/aromatic N) is 1. The van der Waals surface area contributed by atoms with Crippen LogP contribution in [0.1, 0.15) is 17.9 Å². The van der Waals surface area contributed by atoms with Gasteiger partial charge in [0.15, 0.2) is 21.3 Å². The fraction of sp³-hybridized carbons (Fsp3) is 0.412. The van der Waals surface area contributed by atoms with Gasteiger partial charge in [0.1, 0.15) is 5.76 Å². The molecule has 0 spiro atoms. The number of carbonyl (C=O) groups excluding carboxylic acids is 1. The number of nitrogens with one attached hydrogen (secondary N) is 1. The molecule has 26 heavy (non-hydrogen) atoms. The van der Waals surface area contributed by atoms with Gasteiger partial charge in [-0.3, -0.25) is 4.79 Å². The number of methoxy groups -OCH3 is 2. The molecule has 1 heterocycles. The highest BCUT2D eigenvalue weighted by Crippen LogP contribution is 2.29. The third-order valence-corrected chi connectivity index (χ3v) is 5.41. The first-order valence-corrected chi connectivity index (χ1v) is 9.64. The smallest absolute Gasteiger partial charge is 0.221 e. The standard InChI is InChI=1S/C17H22N2O6S/c1-12-10-13(19-25-12)6-8-18-17(20)7-9-26(21,22)14-4-5-15(23-2)16(11-14)24-3/h4-5,10-11H,6-9H2,1-3H3,(H,18,20).